The molecule has 0 aromatic heterocycles. The van der Waals surface area contributed by atoms with Gasteiger partial charge >= 0.3 is 83.3 Å². The van der Waals surface area contributed by atoms with E-state index in [0.29, 0.717) is 0 Å². The van der Waals surface area contributed by atoms with Crippen molar-refractivity contribution in [3.8, 4) is 0 Å². The molecule has 1 aromatic carbocycles. The van der Waals surface area contributed by atoms with E-state index >= 15 is 0 Å². The third-order valence-corrected chi connectivity index (χ3v) is 3.45. The second kappa shape index (κ2) is 4.64. The van der Waals surface area contributed by atoms with Gasteiger partial charge in [0.15, 0.2) is 0 Å². The van der Waals surface area contributed by atoms with Gasteiger partial charge in [0.1, 0.15) is 0 Å². The van der Waals surface area contributed by atoms with Gasteiger partial charge in [-0.15, -0.1) is 0 Å². The van der Waals surface area contributed by atoms with Gasteiger partial charge in [0.05, 0.1) is 0 Å². The summed E-state index contributed by atoms with van der Waals surface area (Å²) in [6.07, 6.45) is 0. The normalized spacial score (nSPS) is 9.83. The molecule has 0 saturated carbocycles. The molecule has 0 aliphatic heterocycles. The molecule has 0 fully saturated rings. The molecule has 0 aliphatic rings. The fourth-order valence-corrected chi connectivity index (χ4v) is 2.50. The number of carbonyl (C=O) groups is 1. The average molecular weight is 276 g/mol. The predicted octanol–water partition coefficient (Wildman–Crippen LogP) is 2.14. The number of hydrogen-bond donors (Lipinski definition) is 0. The van der Waals surface area contributed by atoms with Crippen LogP contribution < -0.4 is 0 Å². The number of benzene rings is 1. The molecule has 0 saturated heterocycles. The van der Waals surface area contributed by atoms with Crippen molar-refractivity contribution < 1.29 is 4.79 Å². The quantitative estimate of drug-likeness (QED) is 0.610. The molecule has 1 nitrogen and oxygen atoms in total. The second-order valence-corrected chi connectivity index (χ2v) is 5.16. The third kappa shape index (κ3) is 2.62. The standard InChI is InChI=1S/C10H12OTe/c1-8(11)10-5-3-9(4-6-10)7-12-2/h3-6H,7H2,1-2H3. The Labute approximate surface area is 83.3 Å². The summed E-state index contributed by atoms with van der Waals surface area (Å²) in [4.78, 5) is 13.2. The van der Waals surface area contributed by atoms with Crippen molar-refractivity contribution in [2.45, 2.75) is 16.4 Å². The summed E-state index contributed by atoms with van der Waals surface area (Å²) < 4.78 is 1.23. The maximum atomic E-state index is 10.9. The van der Waals surface area contributed by atoms with E-state index in [1.54, 1.807) is 6.92 Å². The zero-order chi connectivity index (χ0) is 8.97. The first-order valence-corrected chi connectivity index (χ1v) is 7.80. The Balaban J connectivity index is 2.78. The summed E-state index contributed by atoms with van der Waals surface area (Å²) in [6.45, 7) is 1.60. The zero-order valence-corrected chi connectivity index (χ0v) is 9.66. The van der Waals surface area contributed by atoms with E-state index in [-0.39, 0.29) is 26.7 Å². The predicted molar refractivity (Wildman–Crippen MR) is 51.8 cm³/mol. The van der Waals surface area contributed by atoms with Crippen LogP contribution in [0.2, 0.25) is 4.97 Å². The van der Waals surface area contributed by atoms with Crippen molar-refractivity contribution in [3.63, 3.8) is 0 Å². The molecule has 12 heavy (non-hydrogen) atoms. The van der Waals surface area contributed by atoms with Gasteiger partial charge in [-0.05, 0) is 0 Å². The Hall–Kier alpha value is -0.320. The first-order chi connectivity index (χ1) is 5.74. The van der Waals surface area contributed by atoms with Gasteiger partial charge in [-0.25, -0.2) is 0 Å². The number of rotatable bonds is 3. The number of ketones is 1. The van der Waals surface area contributed by atoms with Crippen molar-refractivity contribution in [2.75, 3.05) is 0 Å². The van der Waals surface area contributed by atoms with Crippen LogP contribution in [0.3, 0.4) is 0 Å². The Morgan fingerprint density at radius 2 is 1.92 bits per heavy atom. The summed E-state index contributed by atoms with van der Waals surface area (Å²) in [6, 6.07) is 7.95. The minimum atomic E-state index is 0.148. The number of hydrogen-bond acceptors (Lipinski definition) is 1. The molecular weight excluding hydrogens is 264 g/mol. The van der Waals surface area contributed by atoms with Crippen molar-refractivity contribution in [3.05, 3.63) is 35.4 Å². The van der Waals surface area contributed by atoms with Gasteiger partial charge in [0, 0.05) is 0 Å². The van der Waals surface area contributed by atoms with E-state index in [4.69, 9.17) is 0 Å². The second-order valence-electron chi connectivity index (χ2n) is 2.69. The van der Waals surface area contributed by atoms with E-state index in [0.717, 1.165) is 5.56 Å². The fraction of sp³-hybridized carbons (Fsp3) is 0.300. The minimum absolute atomic E-state index is 0.148. The Morgan fingerprint density at radius 1 is 1.33 bits per heavy atom. The van der Waals surface area contributed by atoms with Crippen LogP contribution in [-0.4, -0.2) is 26.7 Å². The van der Waals surface area contributed by atoms with Crippen LogP contribution in [-0.2, 0) is 4.47 Å². The first kappa shape index (κ1) is 9.77. The van der Waals surface area contributed by atoms with Gasteiger partial charge in [-0.1, -0.05) is 0 Å². The van der Waals surface area contributed by atoms with Crippen LogP contribution in [0.1, 0.15) is 22.8 Å². The molecular formula is C10H12OTe. The van der Waals surface area contributed by atoms with Gasteiger partial charge in [-0.3, -0.25) is 0 Å². The van der Waals surface area contributed by atoms with Gasteiger partial charge in [0.2, 0.25) is 0 Å². The molecule has 0 amide bonds. The third-order valence-electron chi connectivity index (χ3n) is 1.67. The topological polar surface area (TPSA) is 17.1 Å². The summed E-state index contributed by atoms with van der Waals surface area (Å²) >= 11 is 0.167. The number of Topliss-reactive ketones (excluding diaryl/α,β-unsaturated/α-hetero) is 1. The Morgan fingerprint density at radius 3 is 2.33 bits per heavy atom. The molecule has 0 unspecified atom stereocenters. The van der Waals surface area contributed by atoms with Crippen LogP contribution in [0.4, 0.5) is 0 Å². The molecule has 0 spiro atoms. The molecule has 0 radical (unpaired) electrons. The monoisotopic (exact) mass is 278 g/mol. The van der Waals surface area contributed by atoms with Crippen LogP contribution in [0.15, 0.2) is 24.3 Å². The zero-order valence-electron chi connectivity index (χ0n) is 7.33. The van der Waals surface area contributed by atoms with Gasteiger partial charge in [0.25, 0.3) is 0 Å². The van der Waals surface area contributed by atoms with Crippen molar-refractivity contribution in [1.29, 1.82) is 0 Å². The van der Waals surface area contributed by atoms with Gasteiger partial charge < -0.3 is 0 Å². The molecule has 1 rings (SSSR count). The van der Waals surface area contributed by atoms with Crippen LogP contribution in [0.5, 0.6) is 0 Å². The molecule has 2 heteroatoms. The van der Waals surface area contributed by atoms with E-state index < -0.39 is 0 Å². The van der Waals surface area contributed by atoms with Crippen molar-refractivity contribution in [2.24, 2.45) is 0 Å². The Kier molecular flexibility index (Phi) is 3.78. The molecule has 1 aromatic rings. The van der Waals surface area contributed by atoms with Crippen molar-refractivity contribution >= 4 is 26.7 Å². The molecule has 0 N–H and O–H groups in total. The summed E-state index contributed by atoms with van der Waals surface area (Å²) in [7, 11) is 0. The van der Waals surface area contributed by atoms with Crippen LogP contribution in [0.25, 0.3) is 0 Å². The molecule has 0 heterocycles. The van der Waals surface area contributed by atoms with E-state index in [9.17, 15) is 4.79 Å². The SMILES string of the molecule is C[Te]Cc1ccc(C(C)=O)cc1. The van der Waals surface area contributed by atoms with Crippen LogP contribution >= 0.6 is 0 Å². The van der Waals surface area contributed by atoms with Crippen molar-refractivity contribution in [1.82, 2.24) is 0 Å². The summed E-state index contributed by atoms with van der Waals surface area (Å²) in [5, 5.41) is 0. The fourth-order valence-electron chi connectivity index (χ4n) is 1.00. The summed E-state index contributed by atoms with van der Waals surface area (Å²) in [5.41, 5.74) is 2.18. The summed E-state index contributed by atoms with van der Waals surface area (Å²) in [5.74, 6) is 0.148. The Bertz CT molecular complexity index is 264. The number of carbonyl (C=O) groups excluding carboxylic acids is 1. The van der Waals surface area contributed by atoms with Gasteiger partial charge in [-0.2, -0.15) is 0 Å². The average Bonchev–Trinajstić information content (AvgIpc) is 2.06. The molecule has 0 aliphatic carbocycles. The van der Waals surface area contributed by atoms with E-state index in [1.807, 2.05) is 12.1 Å². The molecule has 0 bridgehead atoms. The maximum absolute atomic E-state index is 10.9. The van der Waals surface area contributed by atoms with E-state index in [1.165, 1.54) is 10.0 Å². The first-order valence-electron chi connectivity index (χ1n) is 3.83. The van der Waals surface area contributed by atoms with E-state index in [2.05, 4.69) is 17.1 Å². The molecule has 64 valence electrons. The molecule has 0 atom stereocenters. The van der Waals surface area contributed by atoms with Crippen LogP contribution in [0, 0.1) is 0 Å².